The normalized spacial score (nSPS) is 13.1. The van der Waals surface area contributed by atoms with Crippen molar-refractivity contribution in [2.24, 2.45) is 7.05 Å². The van der Waals surface area contributed by atoms with Crippen molar-refractivity contribution < 1.29 is 0 Å². The molecule has 1 aromatic heterocycles. The van der Waals surface area contributed by atoms with E-state index >= 15 is 0 Å². The van der Waals surface area contributed by atoms with Crippen molar-refractivity contribution in [3.63, 3.8) is 0 Å². The number of nitrogens with one attached hydrogen (secondary N) is 1. The van der Waals surface area contributed by atoms with Gasteiger partial charge in [0.2, 0.25) is 0 Å². The van der Waals surface area contributed by atoms with E-state index in [-0.39, 0.29) is 0 Å². The summed E-state index contributed by atoms with van der Waals surface area (Å²) in [5.41, 5.74) is 0. The summed E-state index contributed by atoms with van der Waals surface area (Å²) in [7, 11) is 1.98. The lowest BCUT2D eigenvalue weighted by atomic mass is 10.2. The van der Waals surface area contributed by atoms with Crippen LogP contribution in [0.25, 0.3) is 0 Å². The van der Waals surface area contributed by atoms with Crippen molar-refractivity contribution in [2.45, 2.75) is 39.2 Å². The Labute approximate surface area is 85.7 Å². The third-order valence-electron chi connectivity index (χ3n) is 2.37. The number of aryl methyl sites for hydroxylation is 1. The predicted octanol–water partition coefficient (Wildman–Crippen LogP) is 1.14. The third-order valence-corrected chi connectivity index (χ3v) is 2.37. The molecule has 1 unspecified atom stereocenters. The van der Waals surface area contributed by atoms with Gasteiger partial charge in [0.25, 0.3) is 0 Å². The van der Waals surface area contributed by atoms with Gasteiger partial charge < -0.3 is 9.88 Å². The van der Waals surface area contributed by atoms with Gasteiger partial charge in [0, 0.05) is 26.1 Å². The average Bonchev–Trinajstić information content (AvgIpc) is 2.52. The molecule has 0 aliphatic heterocycles. The largest absolute Gasteiger partial charge is 0.321 e. The average molecular weight is 196 g/mol. The van der Waals surface area contributed by atoms with Gasteiger partial charge in [-0.05, 0) is 13.3 Å². The Kier molecular flexibility index (Phi) is 4.59. The Balaban J connectivity index is 2.19. The molecule has 1 N–H and O–H groups in total. The van der Waals surface area contributed by atoms with Gasteiger partial charge in [-0.2, -0.15) is 0 Å². The second-order valence-electron chi connectivity index (χ2n) is 3.75. The first kappa shape index (κ1) is 11.2. The van der Waals surface area contributed by atoms with Crippen molar-refractivity contribution in [3.8, 4) is 0 Å². The van der Waals surface area contributed by atoms with Crippen LogP contribution < -0.4 is 5.32 Å². The standard InChI is InChI=1S/C10H20N4/c1-4-5-9(2)11-7-6-10-13-12-8-14(10)3/h8-9,11H,4-7H2,1-3H3. The van der Waals surface area contributed by atoms with Crippen LogP contribution in [0.1, 0.15) is 32.5 Å². The molecule has 0 spiro atoms. The summed E-state index contributed by atoms with van der Waals surface area (Å²) in [6, 6.07) is 0.605. The van der Waals surface area contributed by atoms with E-state index in [1.165, 1.54) is 12.8 Å². The Bertz CT molecular complexity index is 256. The molecule has 0 saturated carbocycles. The van der Waals surface area contributed by atoms with Crippen LogP contribution in [0.15, 0.2) is 6.33 Å². The molecule has 0 amide bonds. The fraction of sp³-hybridized carbons (Fsp3) is 0.800. The van der Waals surface area contributed by atoms with Gasteiger partial charge in [-0.15, -0.1) is 10.2 Å². The third kappa shape index (κ3) is 3.46. The van der Waals surface area contributed by atoms with E-state index in [0.717, 1.165) is 18.8 Å². The van der Waals surface area contributed by atoms with Crippen molar-refractivity contribution in [3.05, 3.63) is 12.2 Å². The van der Waals surface area contributed by atoms with Crippen molar-refractivity contribution in [1.82, 2.24) is 20.1 Å². The van der Waals surface area contributed by atoms with Crippen LogP contribution in [-0.2, 0) is 13.5 Å². The van der Waals surface area contributed by atoms with Crippen LogP contribution in [0, 0.1) is 0 Å². The first-order valence-corrected chi connectivity index (χ1v) is 5.30. The molecule has 1 atom stereocenters. The molecule has 0 aliphatic carbocycles. The molecular weight excluding hydrogens is 176 g/mol. The van der Waals surface area contributed by atoms with Crippen molar-refractivity contribution >= 4 is 0 Å². The van der Waals surface area contributed by atoms with Crippen LogP contribution in [0.3, 0.4) is 0 Å². The van der Waals surface area contributed by atoms with E-state index in [9.17, 15) is 0 Å². The SMILES string of the molecule is CCCC(C)NCCc1nncn1C. The second-order valence-corrected chi connectivity index (χ2v) is 3.75. The lowest BCUT2D eigenvalue weighted by Crippen LogP contribution is -2.28. The number of nitrogens with zero attached hydrogens (tertiary/aromatic N) is 3. The van der Waals surface area contributed by atoms with E-state index < -0.39 is 0 Å². The fourth-order valence-corrected chi connectivity index (χ4v) is 1.50. The number of aromatic nitrogens is 3. The minimum Gasteiger partial charge on any atom is -0.321 e. The van der Waals surface area contributed by atoms with E-state index in [4.69, 9.17) is 0 Å². The van der Waals surface area contributed by atoms with Gasteiger partial charge in [-0.25, -0.2) is 0 Å². The smallest absolute Gasteiger partial charge is 0.133 e. The number of hydrogen-bond donors (Lipinski definition) is 1. The summed E-state index contributed by atoms with van der Waals surface area (Å²) < 4.78 is 1.96. The van der Waals surface area contributed by atoms with E-state index in [1.54, 1.807) is 6.33 Å². The zero-order valence-electron chi connectivity index (χ0n) is 9.32. The molecule has 0 saturated heterocycles. The Morgan fingerprint density at radius 1 is 1.57 bits per heavy atom. The van der Waals surface area contributed by atoms with Gasteiger partial charge >= 0.3 is 0 Å². The maximum atomic E-state index is 4.03. The molecule has 0 bridgehead atoms. The molecule has 0 aromatic carbocycles. The van der Waals surface area contributed by atoms with E-state index in [2.05, 4.69) is 29.4 Å². The summed E-state index contributed by atoms with van der Waals surface area (Å²) in [6.45, 7) is 5.41. The lowest BCUT2D eigenvalue weighted by molar-refractivity contribution is 0.506. The highest BCUT2D eigenvalue weighted by Crippen LogP contribution is 1.96. The van der Waals surface area contributed by atoms with Gasteiger partial charge in [0.05, 0.1) is 0 Å². The van der Waals surface area contributed by atoms with E-state index in [0.29, 0.717) is 6.04 Å². The van der Waals surface area contributed by atoms with Crippen LogP contribution in [0.5, 0.6) is 0 Å². The molecule has 14 heavy (non-hydrogen) atoms. The summed E-state index contributed by atoms with van der Waals surface area (Å²) in [5, 5.41) is 11.3. The first-order chi connectivity index (χ1) is 6.74. The zero-order chi connectivity index (χ0) is 10.4. The van der Waals surface area contributed by atoms with Crippen LogP contribution in [0.4, 0.5) is 0 Å². The summed E-state index contributed by atoms with van der Waals surface area (Å²) in [5.74, 6) is 1.04. The van der Waals surface area contributed by atoms with Crippen molar-refractivity contribution in [1.29, 1.82) is 0 Å². The molecule has 1 heterocycles. The molecule has 4 heteroatoms. The molecule has 4 nitrogen and oxygen atoms in total. The first-order valence-electron chi connectivity index (χ1n) is 5.30. The fourth-order valence-electron chi connectivity index (χ4n) is 1.50. The monoisotopic (exact) mass is 196 g/mol. The van der Waals surface area contributed by atoms with Gasteiger partial charge in [0.1, 0.15) is 12.2 Å². The second kappa shape index (κ2) is 5.75. The maximum absolute atomic E-state index is 4.03. The van der Waals surface area contributed by atoms with Gasteiger partial charge in [-0.1, -0.05) is 13.3 Å². The number of rotatable bonds is 6. The van der Waals surface area contributed by atoms with Crippen molar-refractivity contribution in [2.75, 3.05) is 6.54 Å². The summed E-state index contributed by atoms with van der Waals surface area (Å²) in [4.78, 5) is 0. The number of hydrogen-bond acceptors (Lipinski definition) is 3. The highest BCUT2D eigenvalue weighted by atomic mass is 15.2. The molecule has 0 radical (unpaired) electrons. The highest BCUT2D eigenvalue weighted by Gasteiger charge is 2.02. The highest BCUT2D eigenvalue weighted by molar-refractivity contribution is 4.85. The minimum absolute atomic E-state index is 0.605. The zero-order valence-corrected chi connectivity index (χ0v) is 9.32. The quantitative estimate of drug-likeness (QED) is 0.742. The molecule has 1 rings (SSSR count). The Hall–Kier alpha value is -0.900. The topological polar surface area (TPSA) is 42.7 Å². The molecule has 0 aliphatic rings. The van der Waals surface area contributed by atoms with Crippen LogP contribution >= 0.6 is 0 Å². The van der Waals surface area contributed by atoms with Gasteiger partial charge in [-0.3, -0.25) is 0 Å². The van der Waals surface area contributed by atoms with Crippen LogP contribution in [-0.4, -0.2) is 27.4 Å². The summed E-state index contributed by atoms with van der Waals surface area (Å²) >= 11 is 0. The summed E-state index contributed by atoms with van der Waals surface area (Å²) in [6.07, 6.45) is 5.16. The molecule has 80 valence electrons. The lowest BCUT2D eigenvalue weighted by Gasteiger charge is -2.11. The maximum Gasteiger partial charge on any atom is 0.133 e. The predicted molar refractivity (Wildman–Crippen MR) is 57.1 cm³/mol. The minimum atomic E-state index is 0.605. The van der Waals surface area contributed by atoms with E-state index in [1.807, 2.05) is 11.6 Å². The molecule has 0 fully saturated rings. The Morgan fingerprint density at radius 3 is 2.93 bits per heavy atom. The molecular formula is C10H20N4. The molecule has 1 aromatic rings. The van der Waals surface area contributed by atoms with Crippen LogP contribution in [0.2, 0.25) is 0 Å². The van der Waals surface area contributed by atoms with Gasteiger partial charge in [0.15, 0.2) is 0 Å². The Morgan fingerprint density at radius 2 is 2.36 bits per heavy atom.